The SMILES string of the molecule is C=C/C(=C\c1cncc(Cl)c1)Cc1ccccn1. The first-order chi connectivity index (χ1) is 8.78. The highest BCUT2D eigenvalue weighted by molar-refractivity contribution is 6.30. The van der Waals surface area contributed by atoms with E-state index in [-0.39, 0.29) is 0 Å². The molecule has 0 amide bonds. The van der Waals surface area contributed by atoms with Crippen LogP contribution in [0.4, 0.5) is 0 Å². The molecule has 2 heterocycles. The standard InChI is InChI=1S/C15H13ClN2/c1-2-12(9-15-5-3-4-6-18-15)7-13-8-14(16)11-17-10-13/h2-8,10-11H,1,9H2/b12-7+. The van der Waals surface area contributed by atoms with Crippen LogP contribution in [0, 0.1) is 0 Å². The van der Waals surface area contributed by atoms with Gasteiger partial charge < -0.3 is 0 Å². The molecule has 2 nitrogen and oxygen atoms in total. The van der Waals surface area contributed by atoms with E-state index in [0.717, 1.165) is 23.3 Å². The third kappa shape index (κ3) is 3.54. The van der Waals surface area contributed by atoms with Crippen molar-refractivity contribution in [2.24, 2.45) is 0 Å². The third-order valence-electron chi connectivity index (χ3n) is 2.45. The first-order valence-electron chi connectivity index (χ1n) is 5.61. The van der Waals surface area contributed by atoms with E-state index in [9.17, 15) is 0 Å². The van der Waals surface area contributed by atoms with Crippen molar-refractivity contribution in [1.82, 2.24) is 9.97 Å². The molecule has 0 unspecified atom stereocenters. The van der Waals surface area contributed by atoms with Crippen LogP contribution in [0.1, 0.15) is 11.3 Å². The summed E-state index contributed by atoms with van der Waals surface area (Å²) >= 11 is 5.90. The van der Waals surface area contributed by atoms with E-state index in [1.54, 1.807) is 18.6 Å². The van der Waals surface area contributed by atoms with Gasteiger partial charge in [-0.25, -0.2) is 0 Å². The molecule has 18 heavy (non-hydrogen) atoms. The van der Waals surface area contributed by atoms with Gasteiger partial charge in [-0.1, -0.05) is 30.3 Å². The Bertz CT molecular complexity index is 562. The summed E-state index contributed by atoms with van der Waals surface area (Å²) in [5, 5.41) is 0.630. The average molecular weight is 257 g/mol. The van der Waals surface area contributed by atoms with Gasteiger partial charge in [0.05, 0.1) is 5.02 Å². The molecule has 2 aromatic rings. The molecule has 0 saturated heterocycles. The molecule has 0 bridgehead atoms. The van der Waals surface area contributed by atoms with Crippen molar-refractivity contribution in [1.29, 1.82) is 0 Å². The van der Waals surface area contributed by atoms with Crippen molar-refractivity contribution in [2.45, 2.75) is 6.42 Å². The Morgan fingerprint density at radius 3 is 2.89 bits per heavy atom. The number of rotatable bonds is 4. The minimum atomic E-state index is 0.630. The Hall–Kier alpha value is -1.93. The van der Waals surface area contributed by atoms with Gasteiger partial charge in [0.1, 0.15) is 0 Å². The lowest BCUT2D eigenvalue weighted by molar-refractivity contribution is 1.08. The number of nitrogens with zero attached hydrogens (tertiary/aromatic N) is 2. The Morgan fingerprint density at radius 2 is 2.22 bits per heavy atom. The summed E-state index contributed by atoms with van der Waals surface area (Å²) < 4.78 is 0. The van der Waals surface area contributed by atoms with E-state index in [2.05, 4.69) is 16.5 Å². The molecule has 0 aromatic carbocycles. The number of hydrogen-bond acceptors (Lipinski definition) is 2. The summed E-state index contributed by atoms with van der Waals surface area (Å²) in [5.41, 5.74) is 3.06. The molecule has 2 rings (SSSR count). The Labute approximate surface area is 112 Å². The fraction of sp³-hybridized carbons (Fsp3) is 0.0667. The molecule has 0 N–H and O–H groups in total. The van der Waals surface area contributed by atoms with Crippen LogP contribution in [0.15, 0.2) is 61.1 Å². The maximum absolute atomic E-state index is 5.90. The first kappa shape index (κ1) is 12.5. The van der Waals surface area contributed by atoms with Crippen molar-refractivity contribution in [3.05, 3.63) is 77.4 Å². The van der Waals surface area contributed by atoms with Crippen LogP contribution in [-0.4, -0.2) is 9.97 Å². The highest BCUT2D eigenvalue weighted by Gasteiger charge is 1.98. The van der Waals surface area contributed by atoms with E-state index in [0.29, 0.717) is 5.02 Å². The molecular weight excluding hydrogens is 244 g/mol. The van der Waals surface area contributed by atoms with E-state index in [1.165, 1.54) is 0 Å². The van der Waals surface area contributed by atoms with Crippen molar-refractivity contribution in [2.75, 3.05) is 0 Å². The zero-order valence-corrected chi connectivity index (χ0v) is 10.6. The molecule has 0 aliphatic rings. The topological polar surface area (TPSA) is 25.8 Å². The largest absolute Gasteiger partial charge is 0.263 e. The molecular formula is C15H13ClN2. The van der Waals surface area contributed by atoms with Crippen molar-refractivity contribution >= 4 is 17.7 Å². The van der Waals surface area contributed by atoms with Gasteiger partial charge in [0.15, 0.2) is 0 Å². The zero-order valence-electron chi connectivity index (χ0n) is 9.88. The molecule has 0 radical (unpaired) electrons. The zero-order chi connectivity index (χ0) is 12.8. The lowest BCUT2D eigenvalue weighted by atomic mass is 10.1. The number of hydrogen-bond donors (Lipinski definition) is 0. The van der Waals surface area contributed by atoms with E-state index >= 15 is 0 Å². The Kier molecular flexibility index (Phi) is 4.26. The normalized spacial score (nSPS) is 11.3. The summed E-state index contributed by atoms with van der Waals surface area (Å²) in [4.78, 5) is 8.35. The number of aromatic nitrogens is 2. The summed E-state index contributed by atoms with van der Waals surface area (Å²) in [6, 6.07) is 7.75. The van der Waals surface area contributed by atoms with Gasteiger partial charge in [-0.2, -0.15) is 0 Å². The molecule has 3 heteroatoms. The lowest BCUT2D eigenvalue weighted by Gasteiger charge is -2.02. The van der Waals surface area contributed by atoms with Crippen LogP contribution in [0.3, 0.4) is 0 Å². The van der Waals surface area contributed by atoms with Crippen LogP contribution in [0.2, 0.25) is 5.02 Å². The summed E-state index contributed by atoms with van der Waals surface area (Å²) in [7, 11) is 0. The molecule has 0 fully saturated rings. The van der Waals surface area contributed by atoms with Crippen molar-refractivity contribution in [3.63, 3.8) is 0 Å². The molecule has 0 spiro atoms. The van der Waals surface area contributed by atoms with Gasteiger partial charge in [-0.05, 0) is 35.4 Å². The summed E-state index contributed by atoms with van der Waals surface area (Å²) in [5.74, 6) is 0. The van der Waals surface area contributed by atoms with Crippen molar-refractivity contribution in [3.8, 4) is 0 Å². The van der Waals surface area contributed by atoms with Gasteiger partial charge in [0.25, 0.3) is 0 Å². The third-order valence-corrected chi connectivity index (χ3v) is 2.66. The predicted octanol–water partition coefficient (Wildman–Crippen LogP) is 3.94. The number of allylic oxidation sites excluding steroid dienone is 2. The molecule has 90 valence electrons. The van der Waals surface area contributed by atoms with Crippen molar-refractivity contribution < 1.29 is 0 Å². The smallest absolute Gasteiger partial charge is 0.0595 e. The van der Waals surface area contributed by atoms with Crippen LogP contribution < -0.4 is 0 Å². The van der Waals surface area contributed by atoms with Gasteiger partial charge in [0, 0.05) is 30.7 Å². The Balaban J connectivity index is 2.21. The molecule has 0 atom stereocenters. The fourth-order valence-electron chi connectivity index (χ4n) is 1.62. The monoisotopic (exact) mass is 256 g/mol. The second kappa shape index (κ2) is 6.12. The van der Waals surface area contributed by atoms with Gasteiger partial charge >= 0.3 is 0 Å². The molecule has 0 aliphatic heterocycles. The van der Waals surface area contributed by atoms with Crippen LogP contribution >= 0.6 is 11.6 Å². The van der Waals surface area contributed by atoms with Crippen LogP contribution in [-0.2, 0) is 6.42 Å². The minimum Gasteiger partial charge on any atom is -0.263 e. The maximum Gasteiger partial charge on any atom is 0.0595 e. The number of halogens is 1. The Morgan fingerprint density at radius 1 is 1.33 bits per heavy atom. The van der Waals surface area contributed by atoms with Crippen LogP contribution in [0.25, 0.3) is 6.08 Å². The second-order valence-corrected chi connectivity index (χ2v) is 4.29. The van der Waals surface area contributed by atoms with E-state index in [4.69, 9.17) is 11.6 Å². The fourth-order valence-corrected chi connectivity index (χ4v) is 1.80. The lowest BCUT2D eigenvalue weighted by Crippen LogP contribution is -1.91. The highest BCUT2D eigenvalue weighted by atomic mass is 35.5. The van der Waals surface area contributed by atoms with Crippen LogP contribution in [0.5, 0.6) is 0 Å². The predicted molar refractivity (Wildman–Crippen MR) is 75.4 cm³/mol. The van der Waals surface area contributed by atoms with Gasteiger partial charge in [-0.3, -0.25) is 9.97 Å². The van der Waals surface area contributed by atoms with E-state index < -0.39 is 0 Å². The first-order valence-corrected chi connectivity index (χ1v) is 5.99. The quantitative estimate of drug-likeness (QED) is 0.775. The highest BCUT2D eigenvalue weighted by Crippen LogP contribution is 2.14. The number of pyridine rings is 2. The molecule has 0 saturated carbocycles. The maximum atomic E-state index is 5.90. The summed E-state index contributed by atoms with van der Waals surface area (Å²) in [6.45, 7) is 3.83. The molecule has 2 aromatic heterocycles. The minimum absolute atomic E-state index is 0.630. The van der Waals surface area contributed by atoms with Gasteiger partial charge in [0.2, 0.25) is 0 Å². The molecule has 0 aliphatic carbocycles. The van der Waals surface area contributed by atoms with Gasteiger partial charge in [-0.15, -0.1) is 0 Å². The average Bonchev–Trinajstić information content (AvgIpc) is 2.39. The second-order valence-electron chi connectivity index (χ2n) is 3.86. The van der Waals surface area contributed by atoms with E-state index in [1.807, 2.05) is 36.4 Å². The summed E-state index contributed by atoms with van der Waals surface area (Å²) in [6.07, 6.45) is 9.77.